The molecule has 2 aromatic carbocycles. The maximum atomic E-state index is 12.5. The van der Waals surface area contributed by atoms with Crippen molar-refractivity contribution in [3.05, 3.63) is 74.6 Å². The first-order valence-corrected chi connectivity index (χ1v) is 8.66. The number of fused-ring (bicyclic) bond motifs is 1. The van der Waals surface area contributed by atoms with E-state index in [4.69, 9.17) is 0 Å². The van der Waals surface area contributed by atoms with E-state index in [-0.39, 0.29) is 11.3 Å². The van der Waals surface area contributed by atoms with Crippen LogP contribution in [0.2, 0.25) is 0 Å². The molecule has 0 saturated heterocycles. The minimum atomic E-state index is -0.605. The predicted octanol–water partition coefficient (Wildman–Crippen LogP) is 2.25. The highest BCUT2D eigenvalue weighted by Crippen LogP contribution is 2.13. The summed E-state index contributed by atoms with van der Waals surface area (Å²) in [6.07, 6.45) is 0. The first-order valence-electron chi connectivity index (χ1n) is 7.87. The standard InChI is InChI=1S/C18H15BrN4O3/c1-2-23-18(26)14-9-4-3-8-13(14)15(22-23)17(25)21-20-16(24)11-6-5-7-12(19)10-11/h3-10H,2H2,1H3,(H,20,24)(H,21,25). The number of carbonyl (C=O) groups is 2. The van der Waals surface area contributed by atoms with Gasteiger partial charge in [-0.05, 0) is 31.2 Å². The zero-order valence-electron chi connectivity index (χ0n) is 13.8. The van der Waals surface area contributed by atoms with Crippen molar-refractivity contribution >= 4 is 38.5 Å². The predicted molar refractivity (Wildman–Crippen MR) is 101 cm³/mol. The molecule has 1 aromatic heterocycles. The number of hydrazine groups is 1. The van der Waals surface area contributed by atoms with Crippen LogP contribution in [-0.4, -0.2) is 21.6 Å². The van der Waals surface area contributed by atoms with E-state index >= 15 is 0 Å². The molecule has 2 N–H and O–H groups in total. The Kier molecular flexibility index (Phi) is 5.13. The fourth-order valence-electron chi connectivity index (χ4n) is 2.49. The lowest BCUT2D eigenvalue weighted by Crippen LogP contribution is -2.42. The summed E-state index contributed by atoms with van der Waals surface area (Å²) >= 11 is 3.29. The molecule has 3 aromatic rings. The zero-order chi connectivity index (χ0) is 18.7. The maximum Gasteiger partial charge on any atom is 0.290 e. The third-order valence-corrected chi connectivity index (χ3v) is 4.25. The van der Waals surface area contributed by atoms with Gasteiger partial charge in [-0.1, -0.05) is 40.2 Å². The number of rotatable bonds is 3. The van der Waals surface area contributed by atoms with Crippen LogP contribution in [0.4, 0.5) is 0 Å². The van der Waals surface area contributed by atoms with Gasteiger partial charge < -0.3 is 0 Å². The van der Waals surface area contributed by atoms with Gasteiger partial charge >= 0.3 is 0 Å². The molecule has 0 bridgehead atoms. The molecule has 0 spiro atoms. The Bertz CT molecular complexity index is 1060. The number of amides is 2. The van der Waals surface area contributed by atoms with Crippen LogP contribution in [0.1, 0.15) is 27.8 Å². The second-order valence-electron chi connectivity index (χ2n) is 5.43. The van der Waals surface area contributed by atoms with E-state index in [1.807, 2.05) is 0 Å². The summed E-state index contributed by atoms with van der Waals surface area (Å²) in [6.45, 7) is 2.09. The van der Waals surface area contributed by atoms with Crippen molar-refractivity contribution in [2.75, 3.05) is 0 Å². The molecular formula is C18H15BrN4O3. The molecule has 132 valence electrons. The maximum absolute atomic E-state index is 12.5. The molecule has 0 aliphatic heterocycles. The normalized spacial score (nSPS) is 10.5. The lowest BCUT2D eigenvalue weighted by Gasteiger charge is -2.11. The van der Waals surface area contributed by atoms with Gasteiger partial charge in [0.1, 0.15) is 0 Å². The fraction of sp³-hybridized carbons (Fsp3) is 0.111. The van der Waals surface area contributed by atoms with E-state index in [2.05, 4.69) is 31.9 Å². The summed E-state index contributed by atoms with van der Waals surface area (Å²) in [6, 6.07) is 13.5. The summed E-state index contributed by atoms with van der Waals surface area (Å²) in [5, 5.41) is 4.94. The molecule has 0 atom stereocenters. The van der Waals surface area contributed by atoms with Gasteiger partial charge in [-0.25, -0.2) is 4.68 Å². The van der Waals surface area contributed by atoms with E-state index in [1.54, 1.807) is 55.5 Å². The highest BCUT2D eigenvalue weighted by Gasteiger charge is 2.17. The summed E-state index contributed by atoms with van der Waals surface area (Å²) in [7, 11) is 0. The van der Waals surface area contributed by atoms with E-state index in [1.165, 1.54) is 4.68 Å². The highest BCUT2D eigenvalue weighted by molar-refractivity contribution is 9.10. The summed E-state index contributed by atoms with van der Waals surface area (Å²) in [4.78, 5) is 37.0. The van der Waals surface area contributed by atoms with Gasteiger partial charge in [-0.15, -0.1) is 0 Å². The summed E-state index contributed by atoms with van der Waals surface area (Å²) in [5.41, 5.74) is 4.89. The molecule has 8 heteroatoms. The Labute approximate surface area is 157 Å². The largest absolute Gasteiger partial charge is 0.290 e. The number of aromatic nitrogens is 2. The first-order chi connectivity index (χ1) is 12.5. The summed E-state index contributed by atoms with van der Waals surface area (Å²) < 4.78 is 1.96. The number of hydrogen-bond donors (Lipinski definition) is 2. The van der Waals surface area contributed by atoms with E-state index < -0.39 is 11.8 Å². The average Bonchev–Trinajstić information content (AvgIpc) is 2.66. The zero-order valence-corrected chi connectivity index (χ0v) is 15.4. The minimum Gasteiger partial charge on any atom is -0.267 e. The molecule has 0 saturated carbocycles. The van der Waals surface area contributed by atoms with Crippen molar-refractivity contribution < 1.29 is 9.59 Å². The van der Waals surface area contributed by atoms with Crippen molar-refractivity contribution in [3.63, 3.8) is 0 Å². The summed E-state index contributed by atoms with van der Waals surface area (Å²) in [5.74, 6) is -1.07. The third-order valence-electron chi connectivity index (χ3n) is 3.76. The van der Waals surface area contributed by atoms with Crippen molar-refractivity contribution in [3.8, 4) is 0 Å². The number of nitrogens with one attached hydrogen (secondary N) is 2. The van der Waals surface area contributed by atoms with Crippen LogP contribution < -0.4 is 16.4 Å². The molecular weight excluding hydrogens is 400 g/mol. The molecule has 3 rings (SSSR count). The number of halogens is 1. The molecule has 0 aliphatic carbocycles. The van der Waals surface area contributed by atoms with Crippen molar-refractivity contribution in [1.29, 1.82) is 0 Å². The Morgan fingerprint density at radius 3 is 2.42 bits per heavy atom. The van der Waals surface area contributed by atoms with Gasteiger partial charge in [0.2, 0.25) is 0 Å². The Morgan fingerprint density at radius 2 is 1.73 bits per heavy atom. The third kappa shape index (κ3) is 3.50. The highest BCUT2D eigenvalue weighted by atomic mass is 79.9. The van der Waals surface area contributed by atoms with Crippen molar-refractivity contribution in [2.24, 2.45) is 0 Å². The van der Waals surface area contributed by atoms with Gasteiger partial charge in [0, 0.05) is 22.0 Å². The SMILES string of the molecule is CCn1nc(C(=O)NNC(=O)c2cccc(Br)c2)c2ccccc2c1=O. The van der Waals surface area contributed by atoms with Crippen LogP contribution in [0.3, 0.4) is 0 Å². The van der Waals surface area contributed by atoms with Crippen LogP contribution in [0.25, 0.3) is 10.8 Å². The van der Waals surface area contributed by atoms with Crippen LogP contribution >= 0.6 is 15.9 Å². The molecule has 0 unspecified atom stereocenters. The molecule has 0 radical (unpaired) electrons. The van der Waals surface area contributed by atoms with Gasteiger partial charge in [0.05, 0.1) is 5.39 Å². The molecule has 2 amide bonds. The number of nitrogens with zero attached hydrogens (tertiary/aromatic N) is 2. The second kappa shape index (κ2) is 7.49. The van der Waals surface area contributed by atoms with E-state index in [0.717, 1.165) is 4.47 Å². The molecule has 0 aliphatic rings. The van der Waals surface area contributed by atoms with Crippen LogP contribution in [0, 0.1) is 0 Å². The first kappa shape index (κ1) is 17.8. The van der Waals surface area contributed by atoms with Gasteiger partial charge in [0.15, 0.2) is 5.69 Å². The molecule has 0 fully saturated rings. The smallest absolute Gasteiger partial charge is 0.267 e. The van der Waals surface area contributed by atoms with Crippen molar-refractivity contribution in [1.82, 2.24) is 20.6 Å². The average molecular weight is 415 g/mol. The topological polar surface area (TPSA) is 93.1 Å². The van der Waals surface area contributed by atoms with E-state index in [0.29, 0.717) is 22.9 Å². The van der Waals surface area contributed by atoms with E-state index in [9.17, 15) is 14.4 Å². The number of benzene rings is 2. The Balaban J connectivity index is 1.87. The van der Waals surface area contributed by atoms with Crippen LogP contribution in [0.15, 0.2) is 57.8 Å². The lowest BCUT2D eigenvalue weighted by molar-refractivity contribution is 0.0843. The number of hydrogen-bond acceptors (Lipinski definition) is 4. The van der Waals surface area contributed by atoms with Gasteiger partial charge in [-0.2, -0.15) is 5.10 Å². The second-order valence-corrected chi connectivity index (χ2v) is 6.35. The number of aryl methyl sites for hydroxylation is 1. The number of carbonyl (C=O) groups excluding carboxylic acids is 2. The lowest BCUT2D eigenvalue weighted by atomic mass is 10.1. The Hall–Kier alpha value is -3.00. The molecule has 1 heterocycles. The minimum absolute atomic E-state index is 0.0663. The monoisotopic (exact) mass is 414 g/mol. The van der Waals surface area contributed by atoms with Crippen LogP contribution in [-0.2, 0) is 6.54 Å². The van der Waals surface area contributed by atoms with Gasteiger partial charge in [0.25, 0.3) is 17.4 Å². The quantitative estimate of drug-likeness (QED) is 0.642. The van der Waals surface area contributed by atoms with Crippen LogP contribution in [0.5, 0.6) is 0 Å². The van der Waals surface area contributed by atoms with Crippen molar-refractivity contribution in [2.45, 2.75) is 13.5 Å². The Morgan fingerprint density at radius 1 is 1.04 bits per heavy atom. The van der Waals surface area contributed by atoms with Gasteiger partial charge in [-0.3, -0.25) is 25.2 Å². The molecule has 7 nitrogen and oxygen atoms in total. The molecule has 26 heavy (non-hydrogen) atoms. The fourth-order valence-corrected chi connectivity index (χ4v) is 2.89.